The number of hydrogen-bond acceptors (Lipinski definition) is 5. The smallest absolute Gasteiger partial charge is 0.138 e. The van der Waals surface area contributed by atoms with Gasteiger partial charge in [0.1, 0.15) is 12.1 Å². The lowest BCUT2D eigenvalue weighted by Gasteiger charge is -2.26. The molecule has 1 unspecified atom stereocenters. The molecule has 0 bridgehead atoms. The third kappa shape index (κ3) is 4.32. The van der Waals surface area contributed by atoms with Crippen LogP contribution in [0.5, 0.6) is 0 Å². The summed E-state index contributed by atoms with van der Waals surface area (Å²) in [5.41, 5.74) is 3.34. The number of allylic oxidation sites excluding steroid dienone is 2. The molecule has 1 N–H and O–H groups in total. The maximum absolute atomic E-state index is 5.64. The van der Waals surface area contributed by atoms with Crippen molar-refractivity contribution in [2.24, 2.45) is 5.92 Å². The molecular weight excluding hydrogens is 348 g/mol. The Kier molecular flexibility index (Phi) is 5.84. The molecule has 146 valence electrons. The quantitative estimate of drug-likeness (QED) is 0.869. The molecular formula is C23H28N4O. The fourth-order valence-electron chi connectivity index (χ4n) is 3.97. The number of benzene rings is 1. The van der Waals surface area contributed by atoms with Crippen LogP contribution in [0.1, 0.15) is 31.0 Å². The normalized spacial score (nSPS) is 21.0. The number of anilines is 1. The number of fused-ring (bicyclic) bond motifs is 1. The van der Waals surface area contributed by atoms with Crippen LogP contribution in [0.25, 0.3) is 12.7 Å². The van der Waals surface area contributed by atoms with Gasteiger partial charge in [-0.3, -0.25) is 4.90 Å². The summed E-state index contributed by atoms with van der Waals surface area (Å²) in [7, 11) is 0. The van der Waals surface area contributed by atoms with Crippen LogP contribution < -0.4 is 15.8 Å². The van der Waals surface area contributed by atoms with E-state index < -0.39 is 0 Å². The minimum Gasteiger partial charge on any atom is -0.381 e. The van der Waals surface area contributed by atoms with Gasteiger partial charge < -0.3 is 10.1 Å². The molecule has 4 rings (SSSR count). The second-order valence-electron chi connectivity index (χ2n) is 7.61. The summed E-state index contributed by atoms with van der Waals surface area (Å²) < 4.78 is 5.64. The number of hydrogen-bond donors (Lipinski definition) is 1. The largest absolute Gasteiger partial charge is 0.381 e. The first-order valence-electron chi connectivity index (χ1n) is 10.0. The highest BCUT2D eigenvalue weighted by atomic mass is 16.5. The van der Waals surface area contributed by atoms with Crippen LogP contribution in [0.15, 0.2) is 42.4 Å². The Hall–Kier alpha value is -2.50. The summed E-state index contributed by atoms with van der Waals surface area (Å²) in [6.45, 7) is 10.8. The SMILES string of the molecule is C=c1cccc/c1=C/C(=C\C)Nc1ncnc2c1CN(CC1CCCOC1)C2. The van der Waals surface area contributed by atoms with Gasteiger partial charge >= 0.3 is 0 Å². The number of rotatable bonds is 5. The molecule has 3 heterocycles. The molecule has 0 radical (unpaired) electrons. The molecule has 0 aliphatic carbocycles. The molecule has 1 saturated heterocycles. The van der Waals surface area contributed by atoms with Gasteiger partial charge in [0.2, 0.25) is 0 Å². The van der Waals surface area contributed by atoms with Crippen molar-refractivity contribution in [3.63, 3.8) is 0 Å². The molecule has 5 heteroatoms. The fourth-order valence-corrected chi connectivity index (χ4v) is 3.97. The summed E-state index contributed by atoms with van der Waals surface area (Å²) in [5.74, 6) is 1.53. The van der Waals surface area contributed by atoms with E-state index in [1.165, 1.54) is 18.4 Å². The van der Waals surface area contributed by atoms with Crippen molar-refractivity contribution in [3.8, 4) is 0 Å². The second-order valence-corrected chi connectivity index (χ2v) is 7.61. The first-order valence-corrected chi connectivity index (χ1v) is 10.0. The van der Waals surface area contributed by atoms with Crippen molar-refractivity contribution in [1.29, 1.82) is 0 Å². The van der Waals surface area contributed by atoms with E-state index in [9.17, 15) is 0 Å². The van der Waals surface area contributed by atoms with E-state index in [4.69, 9.17) is 4.74 Å². The summed E-state index contributed by atoms with van der Waals surface area (Å²) in [6.07, 6.45) is 8.27. The number of nitrogens with zero attached hydrogens (tertiary/aromatic N) is 3. The molecule has 1 aromatic carbocycles. The molecule has 1 aromatic heterocycles. The Morgan fingerprint density at radius 1 is 1.32 bits per heavy atom. The number of aromatic nitrogens is 2. The number of ether oxygens (including phenoxy) is 1. The highest BCUT2D eigenvalue weighted by Gasteiger charge is 2.26. The molecule has 1 atom stereocenters. The minimum absolute atomic E-state index is 0.625. The van der Waals surface area contributed by atoms with Gasteiger partial charge in [0.15, 0.2) is 0 Å². The standard InChI is InChI=1S/C23H28N4O/c1-3-20(11-19-9-5-4-7-17(19)2)26-23-21-13-27(14-22(21)24-16-25-23)12-18-8-6-10-28-15-18/h3-5,7,9,11,16,18H,2,6,8,10,12-15H2,1H3,(H,24,25,26)/b19-11-,20-3+. The van der Waals surface area contributed by atoms with Crippen LogP contribution in [-0.2, 0) is 17.8 Å². The van der Waals surface area contributed by atoms with Crippen molar-refractivity contribution in [3.05, 3.63) is 64.1 Å². The molecule has 1 fully saturated rings. The van der Waals surface area contributed by atoms with Crippen LogP contribution in [0.4, 0.5) is 5.82 Å². The van der Waals surface area contributed by atoms with Gasteiger partial charge in [0.25, 0.3) is 0 Å². The fraction of sp³-hybridized carbons (Fsp3) is 0.391. The van der Waals surface area contributed by atoms with E-state index in [1.54, 1.807) is 6.33 Å². The zero-order valence-electron chi connectivity index (χ0n) is 16.5. The van der Waals surface area contributed by atoms with Crippen LogP contribution in [-0.4, -0.2) is 34.6 Å². The van der Waals surface area contributed by atoms with E-state index >= 15 is 0 Å². The van der Waals surface area contributed by atoms with Crippen molar-refractivity contribution >= 4 is 18.5 Å². The topological polar surface area (TPSA) is 50.3 Å². The predicted molar refractivity (Wildman–Crippen MR) is 113 cm³/mol. The molecule has 28 heavy (non-hydrogen) atoms. The van der Waals surface area contributed by atoms with Gasteiger partial charge in [-0.25, -0.2) is 9.97 Å². The zero-order valence-corrected chi connectivity index (χ0v) is 16.5. The Labute approximate surface area is 166 Å². The Balaban J connectivity index is 1.50. The Morgan fingerprint density at radius 2 is 2.21 bits per heavy atom. The van der Waals surface area contributed by atoms with Crippen LogP contribution >= 0.6 is 0 Å². The summed E-state index contributed by atoms with van der Waals surface area (Å²) in [6, 6.07) is 8.13. The van der Waals surface area contributed by atoms with Crippen LogP contribution in [0, 0.1) is 5.92 Å². The first-order chi connectivity index (χ1) is 13.7. The molecule has 2 aliphatic heterocycles. The highest BCUT2D eigenvalue weighted by Crippen LogP contribution is 2.28. The van der Waals surface area contributed by atoms with Crippen molar-refractivity contribution in [1.82, 2.24) is 14.9 Å². The van der Waals surface area contributed by atoms with Crippen molar-refractivity contribution in [2.45, 2.75) is 32.9 Å². The van der Waals surface area contributed by atoms with Crippen LogP contribution in [0.3, 0.4) is 0 Å². The van der Waals surface area contributed by atoms with Crippen molar-refractivity contribution < 1.29 is 4.74 Å². The average Bonchev–Trinajstić information content (AvgIpc) is 3.13. The second kappa shape index (κ2) is 8.67. The van der Waals surface area contributed by atoms with Gasteiger partial charge in [0.05, 0.1) is 12.3 Å². The lowest BCUT2D eigenvalue weighted by Crippen LogP contribution is -2.30. The summed E-state index contributed by atoms with van der Waals surface area (Å²) >= 11 is 0. The maximum Gasteiger partial charge on any atom is 0.138 e. The van der Waals surface area contributed by atoms with Gasteiger partial charge in [0, 0.05) is 37.5 Å². The monoisotopic (exact) mass is 376 g/mol. The molecule has 0 saturated carbocycles. The predicted octanol–water partition coefficient (Wildman–Crippen LogP) is 2.43. The Bertz CT molecular complexity index is 963. The minimum atomic E-state index is 0.625. The third-order valence-corrected chi connectivity index (χ3v) is 5.50. The van der Waals surface area contributed by atoms with E-state index in [-0.39, 0.29) is 0 Å². The van der Waals surface area contributed by atoms with Crippen molar-refractivity contribution in [2.75, 3.05) is 25.1 Å². The van der Waals surface area contributed by atoms with Gasteiger partial charge in [-0.2, -0.15) is 0 Å². The summed E-state index contributed by atoms with van der Waals surface area (Å²) in [4.78, 5) is 11.5. The molecule has 2 aromatic rings. The molecule has 0 spiro atoms. The van der Waals surface area contributed by atoms with E-state index in [0.29, 0.717) is 5.92 Å². The lowest BCUT2D eigenvalue weighted by molar-refractivity contribution is 0.0378. The molecule has 2 aliphatic rings. The van der Waals surface area contributed by atoms with Gasteiger partial charge in [-0.05, 0) is 42.2 Å². The van der Waals surface area contributed by atoms with Crippen LogP contribution in [0.2, 0.25) is 0 Å². The Morgan fingerprint density at radius 3 is 3.00 bits per heavy atom. The lowest BCUT2D eigenvalue weighted by atomic mass is 10.0. The van der Waals surface area contributed by atoms with E-state index in [2.05, 4.69) is 45.0 Å². The third-order valence-electron chi connectivity index (χ3n) is 5.50. The zero-order chi connectivity index (χ0) is 19.3. The highest BCUT2D eigenvalue weighted by molar-refractivity contribution is 5.60. The van der Waals surface area contributed by atoms with Gasteiger partial charge in [-0.1, -0.05) is 36.9 Å². The van der Waals surface area contributed by atoms with E-state index in [0.717, 1.165) is 60.5 Å². The molecule has 0 amide bonds. The average molecular weight is 377 g/mol. The first kappa shape index (κ1) is 18.8. The maximum atomic E-state index is 5.64. The summed E-state index contributed by atoms with van der Waals surface area (Å²) in [5, 5.41) is 5.62. The van der Waals surface area contributed by atoms with Gasteiger partial charge in [-0.15, -0.1) is 0 Å². The molecule has 5 nitrogen and oxygen atoms in total. The van der Waals surface area contributed by atoms with E-state index in [1.807, 2.05) is 25.1 Å². The number of nitrogens with one attached hydrogen (secondary N) is 1.